The quantitative estimate of drug-likeness (QED) is 0.607. The highest BCUT2D eigenvalue weighted by Crippen LogP contribution is 2.32. The Bertz CT molecular complexity index is 296. The predicted molar refractivity (Wildman–Crippen MR) is 66.1 cm³/mol. The van der Waals surface area contributed by atoms with E-state index in [1.807, 2.05) is 0 Å². The lowest BCUT2D eigenvalue weighted by Crippen LogP contribution is -2.49. The summed E-state index contributed by atoms with van der Waals surface area (Å²) in [5, 5.41) is 11.8. The zero-order valence-electron chi connectivity index (χ0n) is 10.8. The molecule has 1 rings (SSSR count). The van der Waals surface area contributed by atoms with Crippen molar-refractivity contribution in [2.75, 3.05) is 13.7 Å². The molecule has 0 aromatic rings. The van der Waals surface area contributed by atoms with Crippen LogP contribution < -0.4 is 11.1 Å². The summed E-state index contributed by atoms with van der Waals surface area (Å²) >= 11 is 0. The fraction of sp³-hybridized carbons (Fsp3) is 0.833. The molecule has 1 fully saturated rings. The number of ether oxygens (including phenoxy) is 1. The summed E-state index contributed by atoms with van der Waals surface area (Å²) in [7, 11) is 1.51. The van der Waals surface area contributed by atoms with E-state index in [0.29, 0.717) is 0 Å². The molecule has 1 amide bonds. The molecular weight excluding hydrogens is 236 g/mol. The first-order valence-corrected chi connectivity index (χ1v) is 6.27. The van der Waals surface area contributed by atoms with Crippen LogP contribution in [0.15, 0.2) is 0 Å². The number of nitrogens with one attached hydrogen (secondary N) is 1. The molecule has 1 saturated carbocycles. The number of carbonyl (C=O) groups excluding carboxylic acids is 1. The van der Waals surface area contributed by atoms with Gasteiger partial charge in [0.1, 0.15) is 0 Å². The Morgan fingerprint density at radius 3 is 2.50 bits per heavy atom. The van der Waals surface area contributed by atoms with E-state index in [4.69, 9.17) is 15.6 Å². The van der Waals surface area contributed by atoms with E-state index in [9.17, 15) is 9.59 Å². The highest BCUT2D eigenvalue weighted by molar-refractivity contribution is 5.78. The van der Waals surface area contributed by atoms with Gasteiger partial charge in [-0.1, -0.05) is 12.8 Å². The van der Waals surface area contributed by atoms with Crippen LogP contribution in [0.3, 0.4) is 0 Å². The molecule has 0 aromatic heterocycles. The van der Waals surface area contributed by atoms with E-state index in [1.165, 1.54) is 7.11 Å². The molecule has 4 N–H and O–H groups in total. The summed E-state index contributed by atoms with van der Waals surface area (Å²) in [5.74, 6) is -1.06. The summed E-state index contributed by atoms with van der Waals surface area (Å²) in [4.78, 5) is 22.8. The zero-order valence-corrected chi connectivity index (χ0v) is 10.8. The average molecular weight is 258 g/mol. The van der Waals surface area contributed by atoms with Gasteiger partial charge in [0.2, 0.25) is 5.91 Å². The fourth-order valence-corrected chi connectivity index (χ4v) is 2.50. The number of aliphatic carboxylic acids is 1. The molecule has 0 aliphatic heterocycles. The van der Waals surface area contributed by atoms with Gasteiger partial charge in [-0.15, -0.1) is 0 Å². The second-order valence-electron chi connectivity index (χ2n) is 4.90. The Kier molecular flexibility index (Phi) is 5.55. The maximum absolute atomic E-state index is 11.9. The summed E-state index contributed by atoms with van der Waals surface area (Å²) in [6.07, 6.45) is 3.22. The van der Waals surface area contributed by atoms with Crippen molar-refractivity contribution in [3.8, 4) is 0 Å². The summed E-state index contributed by atoms with van der Waals surface area (Å²) in [6, 6.07) is 0. The molecule has 0 heterocycles. The van der Waals surface area contributed by atoms with Crippen LogP contribution in [0.1, 0.15) is 38.5 Å². The van der Waals surface area contributed by atoms with Crippen LogP contribution in [-0.4, -0.2) is 42.3 Å². The second kappa shape index (κ2) is 6.70. The highest BCUT2D eigenvalue weighted by atomic mass is 16.5. The van der Waals surface area contributed by atoms with Crippen LogP contribution >= 0.6 is 0 Å². The maximum atomic E-state index is 11.9. The van der Waals surface area contributed by atoms with Crippen molar-refractivity contribution in [1.29, 1.82) is 0 Å². The molecular formula is C12H22N2O4. The van der Waals surface area contributed by atoms with Gasteiger partial charge in [-0.25, -0.2) is 0 Å². The Morgan fingerprint density at radius 1 is 1.44 bits per heavy atom. The van der Waals surface area contributed by atoms with E-state index in [1.54, 1.807) is 0 Å². The fourth-order valence-electron chi connectivity index (χ4n) is 2.50. The predicted octanol–water partition coefficient (Wildman–Crippen LogP) is 0.254. The largest absolute Gasteiger partial charge is 0.481 e. The lowest BCUT2D eigenvalue weighted by Gasteiger charge is -2.29. The third-order valence-electron chi connectivity index (χ3n) is 3.46. The Hall–Kier alpha value is -1.14. The van der Waals surface area contributed by atoms with Crippen molar-refractivity contribution in [1.82, 2.24) is 5.32 Å². The van der Waals surface area contributed by atoms with Crippen molar-refractivity contribution < 1.29 is 19.4 Å². The molecule has 1 unspecified atom stereocenters. The number of carbonyl (C=O) groups is 2. The summed E-state index contributed by atoms with van der Waals surface area (Å²) in [6.45, 7) is 0.274. The molecule has 104 valence electrons. The number of rotatable bonds is 7. The van der Waals surface area contributed by atoms with Gasteiger partial charge in [0.15, 0.2) is 0 Å². The summed E-state index contributed by atoms with van der Waals surface area (Å²) < 4.78 is 5.05. The molecule has 0 spiro atoms. The van der Waals surface area contributed by atoms with Crippen LogP contribution in [0.4, 0.5) is 0 Å². The lowest BCUT2D eigenvalue weighted by molar-refractivity contribution is -0.139. The maximum Gasteiger partial charge on any atom is 0.305 e. The molecule has 0 radical (unpaired) electrons. The van der Waals surface area contributed by atoms with Crippen molar-refractivity contribution >= 4 is 11.9 Å². The van der Waals surface area contributed by atoms with Crippen LogP contribution in [0.25, 0.3) is 0 Å². The molecule has 0 bridgehead atoms. The monoisotopic (exact) mass is 258 g/mol. The number of methoxy groups -OCH3 is 1. The minimum Gasteiger partial charge on any atom is -0.481 e. The van der Waals surface area contributed by atoms with E-state index >= 15 is 0 Å². The van der Waals surface area contributed by atoms with Crippen LogP contribution in [0, 0.1) is 0 Å². The van der Waals surface area contributed by atoms with Crippen molar-refractivity contribution in [2.24, 2.45) is 5.73 Å². The van der Waals surface area contributed by atoms with E-state index in [0.717, 1.165) is 25.7 Å². The number of amides is 1. The molecule has 0 saturated heterocycles. The Balaban J connectivity index is 2.55. The van der Waals surface area contributed by atoms with Gasteiger partial charge in [0.25, 0.3) is 0 Å². The van der Waals surface area contributed by atoms with E-state index in [2.05, 4.69) is 5.32 Å². The second-order valence-corrected chi connectivity index (χ2v) is 4.90. The van der Waals surface area contributed by atoms with Gasteiger partial charge in [-0.05, 0) is 12.8 Å². The number of hydrogen-bond acceptors (Lipinski definition) is 4. The number of carboxylic acids is 1. The number of hydrogen-bond donors (Lipinski definition) is 3. The van der Waals surface area contributed by atoms with Gasteiger partial charge >= 0.3 is 5.97 Å². The highest BCUT2D eigenvalue weighted by Gasteiger charge is 2.37. The van der Waals surface area contributed by atoms with Gasteiger partial charge in [0.05, 0.1) is 24.5 Å². The first-order chi connectivity index (χ1) is 8.51. The summed E-state index contributed by atoms with van der Waals surface area (Å²) in [5.41, 5.74) is 4.88. The zero-order chi connectivity index (χ0) is 13.6. The topological polar surface area (TPSA) is 102 Å². The SMILES string of the molecule is COC(CN)CC(=O)NC1(CC(=O)O)CCCC1. The molecule has 1 aliphatic carbocycles. The van der Waals surface area contributed by atoms with Crippen LogP contribution in [-0.2, 0) is 14.3 Å². The smallest absolute Gasteiger partial charge is 0.305 e. The van der Waals surface area contributed by atoms with Crippen LogP contribution in [0.5, 0.6) is 0 Å². The first-order valence-electron chi connectivity index (χ1n) is 6.27. The minimum atomic E-state index is -0.876. The first kappa shape index (κ1) is 14.9. The van der Waals surface area contributed by atoms with Gasteiger partial charge in [-0.2, -0.15) is 0 Å². The standard InChI is InChI=1S/C12H22N2O4/c1-18-9(8-13)6-10(15)14-12(7-11(16)17)4-2-3-5-12/h9H,2-8,13H2,1H3,(H,14,15)(H,16,17). The van der Waals surface area contributed by atoms with Gasteiger partial charge in [-0.3, -0.25) is 9.59 Å². The number of carboxylic acid groups (broad SMARTS) is 1. The van der Waals surface area contributed by atoms with Crippen molar-refractivity contribution in [2.45, 2.75) is 50.2 Å². The lowest BCUT2D eigenvalue weighted by atomic mass is 9.93. The molecule has 6 nitrogen and oxygen atoms in total. The Labute approximate surface area is 107 Å². The van der Waals surface area contributed by atoms with Gasteiger partial charge < -0.3 is 20.9 Å². The normalized spacial score (nSPS) is 19.4. The van der Waals surface area contributed by atoms with Crippen molar-refractivity contribution in [3.05, 3.63) is 0 Å². The molecule has 6 heteroatoms. The molecule has 1 aliphatic rings. The average Bonchev–Trinajstić information content (AvgIpc) is 2.73. The Morgan fingerprint density at radius 2 is 2.06 bits per heavy atom. The molecule has 1 atom stereocenters. The third-order valence-corrected chi connectivity index (χ3v) is 3.46. The van der Waals surface area contributed by atoms with E-state index < -0.39 is 11.5 Å². The van der Waals surface area contributed by atoms with Crippen molar-refractivity contribution in [3.63, 3.8) is 0 Å². The minimum absolute atomic E-state index is 0.0149. The number of nitrogens with two attached hydrogens (primary N) is 1. The van der Waals surface area contributed by atoms with E-state index in [-0.39, 0.29) is 31.4 Å². The molecule has 18 heavy (non-hydrogen) atoms. The van der Waals surface area contributed by atoms with Gasteiger partial charge in [0, 0.05) is 13.7 Å². The van der Waals surface area contributed by atoms with Crippen LogP contribution in [0.2, 0.25) is 0 Å². The third kappa shape index (κ3) is 4.27. The molecule has 0 aromatic carbocycles.